The molecular weight excluding hydrogens is 1020 g/mol. The van der Waals surface area contributed by atoms with E-state index >= 15 is 0 Å². The molecule has 2 aliphatic rings. The minimum atomic E-state index is -1.91. The number of benzene rings is 1. The van der Waals surface area contributed by atoms with Crippen molar-refractivity contribution in [3.05, 3.63) is 29.8 Å². The van der Waals surface area contributed by atoms with Gasteiger partial charge in [0.1, 0.15) is 48.0 Å². The quantitative estimate of drug-likeness (QED) is 0.0447. The summed E-state index contributed by atoms with van der Waals surface area (Å²) < 4.78 is 0. The number of nitrogens with one attached hydrogen (secondary N) is 7. The van der Waals surface area contributed by atoms with Crippen LogP contribution in [0.25, 0.3) is 0 Å². The Bertz CT molecular complexity index is 2270. The van der Waals surface area contributed by atoms with Crippen molar-refractivity contribution in [3.8, 4) is 5.75 Å². The van der Waals surface area contributed by atoms with Crippen LogP contribution in [0.3, 0.4) is 0 Å². The molecule has 78 heavy (non-hydrogen) atoms. The van der Waals surface area contributed by atoms with Gasteiger partial charge >= 0.3 is 0 Å². The first-order valence-corrected chi connectivity index (χ1v) is 26.5. The first-order valence-electron chi connectivity index (χ1n) is 26.5. The Morgan fingerprint density at radius 1 is 0.590 bits per heavy atom. The van der Waals surface area contributed by atoms with Gasteiger partial charge in [-0.25, -0.2) is 0 Å². The molecule has 0 radical (unpaired) electrons. The third-order valence-corrected chi connectivity index (χ3v) is 13.6. The number of nitrogens with zero attached hydrogens (tertiary/aromatic N) is 1. The van der Waals surface area contributed by atoms with E-state index in [0.717, 1.165) is 49.8 Å². The van der Waals surface area contributed by atoms with Crippen LogP contribution in [0.5, 0.6) is 5.75 Å². The normalized spacial score (nSPS) is 24.8. The molecular formula is C51H80N12O15. The minimum absolute atomic E-state index is 0.161. The maximum absolute atomic E-state index is 14.3. The van der Waals surface area contributed by atoms with Gasteiger partial charge in [-0.2, -0.15) is 0 Å². The topological polar surface area (TPSA) is 457 Å². The van der Waals surface area contributed by atoms with Gasteiger partial charge in [0.15, 0.2) is 0 Å². The maximum atomic E-state index is 14.3. The van der Waals surface area contributed by atoms with Crippen molar-refractivity contribution in [2.24, 2.45) is 28.9 Å². The molecule has 0 aliphatic carbocycles. The summed E-state index contributed by atoms with van der Waals surface area (Å²) in [6.45, 7) is 2.81. The van der Waals surface area contributed by atoms with Crippen LogP contribution < -0.4 is 60.2 Å². The standard InChI is InChI=1S/C51H80N12O15/c1-3-28(2)12-10-8-6-4-5-7-9-11-13-30-21-44(71)57-35(23-41(53)68)46(73)59-34(20-29-14-16-31(65)17-15-29)45(72)60-36(24-42(54)69)47(74)58-33(18-19-40(52)67)51(78)63-26-32(66)22-39(63)50(77)61-37(25-43(55)70)48(75)62-38(27-64)49(76)56-30/h14-17,28,30,32-39,64-66H,3-13,18-27H2,1-2H3,(H2,52,67)(H2,53,68)(H2,54,69)(H2,55,70)(H,56,76)(H,57,71)(H,58,74)(H,59,73)(H,60,72)(H,61,77)(H,62,75)/t28-,30-,32-,33+,34-,35+,36-,37-,38+,39+/m1/s1. The van der Waals surface area contributed by atoms with Crippen LogP contribution in [0.1, 0.15) is 135 Å². The lowest BCUT2D eigenvalue weighted by Crippen LogP contribution is -2.60. The third-order valence-electron chi connectivity index (χ3n) is 13.6. The number of amides is 12. The highest BCUT2D eigenvalue weighted by Gasteiger charge is 2.44. The molecule has 27 heteroatoms. The van der Waals surface area contributed by atoms with Crippen molar-refractivity contribution < 1.29 is 72.9 Å². The smallest absolute Gasteiger partial charge is 0.245 e. The molecule has 0 spiro atoms. The Morgan fingerprint density at radius 2 is 1.05 bits per heavy atom. The van der Waals surface area contributed by atoms with Crippen LogP contribution in [0.2, 0.25) is 0 Å². The zero-order valence-electron chi connectivity index (χ0n) is 44.4. The summed E-state index contributed by atoms with van der Waals surface area (Å²) in [6.07, 6.45) is 3.29. The number of nitrogens with two attached hydrogens (primary N) is 4. The molecule has 2 aliphatic heterocycles. The van der Waals surface area contributed by atoms with Crippen molar-refractivity contribution >= 4 is 70.9 Å². The highest BCUT2D eigenvalue weighted by molar-refractivity contribution is 6.00. The number of fused-ring (bicyclic) bond motifs is 1. The van der Waals surface area contributed by atoms with E-state index in [0.29, 0.717) is 24.3 Å². The molecule has 0 aromatic heterocycles. The molecule has 0 bridgehead atoms. The number of aliphatic hydroxyl groups excluding tert-OH is 2. The van der Waals surface area contributed by atoms with Gasteiger partial charge in [-0.3, -0.25) is 57.5 Å². The van der Waals surface area contributed by atoms with Gasteiger partial charge in [0.25, 0.3) is 0 Å². The second kappa shape index (κ2) is 33.0. The molecule has 10 atom stereocenters. The summed E-state index contributed by atoms with van der Waals surface area (Å²) in [5.74, 6) is -12.6. The first-order chi connectivity index (χ1) is 36.9. The van der Waals surface area contributed by atoms with Gasteiger partial charge in [0.2, 0.25) is 70.9 Å². The number of phenolic OH excluding ortho intramolecular Hbond substituents is 1. The van der Waals surface area contributed by atoms with E-state index in [-0.39, 0.29) is 18.6 Å². The molecule has 2 saturated heterocycles. The molecule has 18 N–H and O–H groups in total. The molecule has 1 aromatic rings. The Balaban J connectivity index is 2.11. The molecule has 2 fully saturated rings. The van der Waals surface area contributed by atoms with E-state index in [1.807, 2.05) is 0 Å². The third kappa shape index (κ3) is 23.0. The Labute approximate surface area is 452 Å². The Morgan fingerprint density at radius 3 is 1.58 bits per heavy atom. The number of primary amides is 4. The number of hydrogen-bond acceptors (Lipinski definition) is 15. The van der Waals surface area contributed by atoms with Crippen molar-refractivity contribution in [3.63, 3.8) is 0 Å². The summed E-state index contributed by atoms with van der Waals surface area (Å²) in [7, 11) is 0. The van der Waals surface area contributed by atoms with Gasteiger partial charge in [-0.1, -0.05) is 90.2 Å². The van der Waals surface area contributed by atoms with E-state index in [4.69, 9.17) is 22.9 Å². The Kier molecular flexibility index (Phi) is 27.4. The lowest BCUT2D eigenvalue weighted by atomic mass is 9.99. The van der Waals surface area contributed by atoms with Crippen LogP contribution in [0.4, 0.5) is 0 Å². The first kappa shape index (κ1) is 64.9. The van der Waals surface area contributed by atoms with Crippen LogP contribution >= 0.6 is 0 Å². The number of carbonyl (C=O) groups is 12. The summed E-state index contributed by atoms with van der Waals surface area (Å²) in [6, 6.07) is -8.08. The number of hydrogen-bond donors (Lipinski definition) is 14. The molecule has 0 saturated carbocycles. The molecule has 3 rings (SSSR count). The second-order valence-electron chi connectivity index (χ2n) is 20.2. The molecule has 434 valence electrons. The Hall–Kier alpha value is -7.42. The van der Waals surface area contributed by atoms with Gasteiger partial charge in [-0.05, 0) is 36.5 Å². The van der Waals surface area contributed by atoms with Gasteiger partial charge in [0.05, 0.1) is 32.0 Å². The highest BCUT2D eigenvalue weighted by Crippen LogP contribution is 2.22. The number of carbonyl (C=O) groups excluding carboxylic acids is 12. The fraction of sp³-hybridized carbons (Fsp3) is 0.647. The molecule has 0 unspecified atom stereocenters. The summed E-state index contributed by atoms with van der Waals surface area (Å²) in [5.41, 5.74) is 22.1. The van der Waals surface area contributed by atoms with Gasteiger partial charge < -0.3 is 80.4 Å². The monoisotopic (exact) mass is 1100 g/mol. The lowest BCUT2D eigenvalue weighted by molar-refractivity contribution is -0.143. The molecule has 12 amide bonds. The zero-order valence-corrected chi connectivity index (χ0v) is 44.4. The SMILES string of the molecule is CC[C@@H](C)CCCCCCCCCC[C@@H]1CC(=O)N[C@@H](CC(N)=O)C(=O)N[C@H](Cc2ccc(O)cc2)C(=O)N[C@H](CC(N)=O)C(=O)N[C@@H](CCC(N)=O)C(=O)N2C[C@H](O)C[C@H]2C(=O)N[C@H](CC(N)=O)C(=O)N[C@@H](CO)C(=O)N1. The van der Waals surface area contributed by atoms with Gasteiger partial charge in [-0.15, -0.1) is 0 Å². The maximum Gasteiger partial charge on any atom is 0.245 e. The van der Waals surface area contributed by atoms with Crippen molar-refractivity contribution in [2.45, 2.75) is 190 Å². The summed E-state index contributed by atoms with van der Waals surface area (Å²) in [5, 5.41) is 47.8. The number of rotatable bonds is 24. The second-order valence-corrected chi connectivity index (χ2v) is 20.2. The molecule has 2 heterocycles. The van der Waals surface area contributed by atoms with E-state index in [1.165, 1.54) is 30.7 Å². The average Bonchev–Trinajstić information content (AvgIpc) is 3.77. The number of aliphatic hydroxyl groups is 2. The summed E-state index contributed by atoms with van der Waals surface area (Å²) >= 11 is 0. The van der Waals surface area contributed by atoms with Crippen molar-refractivity contribution in [1.82, 2.24) is 42.1 Å². The lowest BCUT2D eigenvalue weighted by Gasteiger charge is -2.30. The average molecular weight is 1100 g/mol. The van der Waals surface area contributed by atoms with Crippen LogP contribution in [0.15, 0.2) is 24.3 Å². The zero-order chi connectivity index (χ0) is 58.1. The van der Waals surface area contributed by atoms with Crippen molar-refractivity contribution in [2.75, 3.05) is 13.2 Å². The van der Waals surface area contributed by atoms with E-state index in [9.17, 15) is 72.9 Å². The number of phenols is 1. The molecule has 1 aromatic carbocycles. The number of aromatic hydroxyl groups is 1. The van der Waals surface area contributed by atoms with Crippen LogP contribution in [0, 0.1) is 5.92 Å². The highest BCUT2D eigenvalue weighted by atomic mass is 16.3. The van der Waals surface area contributed by atoms with Crippen molar-refractivity contribution in [1.29, 1.82) is 0 Å². The van der Waals surface area contributed by atoms with E-state index in [1.54, 1.807) is 0 Å². The molecule has 27 nitrogen and oxygen atoms in total. The fourth-order valence-corrected chi connectivity index (χ4v) is 9.06. The van der Waals surface area contributed by atoms with E-state index < -0.39 is 183 Å². The van der Waals surface area contributed by atoms with Crippen LogP contribution in [-0.4, -0.2) is 159 Å². The predicted molar refractivity (Wildman–Crippen MR) is 279 cm³/mol. The van der Waals surface area contributed by atoms with E-state index in [2.05, 4.69) is 51.1 Å². The largest absolute Gasteiger partial charge is 0.508 e. The van der Waals surface area contributed by atoms with Crippen LogP contribution in [-0.2, 0) is 64.0 Å². The fourth-order valence-electron chi connectivity index (χ4n) is 9.06. The number of unbranched alkanes of at least 4 members (excludes halogenated alkanes) is 7. The predicted octanol–water partition coefficient (Wildman–Crippen LogP) is -3.48. The summed E-state index contributed by atoms with van der Waals surface area (Å²) in [4.78, 5) is 162. The minimum Gasteiger partial charge on any atom is -0.508 e. The van der Waals surface area contributed by atoms with Gasteiger partial charge in [0, 0.05) is 38.3 Å².